The smallest absolute Gasteiger partial charge is 0.293 e. The molecular weight excluding hydrogens is 785 g/mol. The summed E-state index contributed by atoms with van der Waals surface area (Å²) >= 11 is 0. The maximum absolute atomic E-state index is 14.4. The van der Waals surface area contributed by atoms with Gasteiger partial charge in [0.25, 0.3) is 12.4 Å². The van der Waals surface area contributed by atoms with Gasteiger partial charge >= 0.3 is 0 Å². The van der Waals surface area contributed by atoms with Gasteiger partial charge in [0.1, 0.15) is 17.8 Å². The average molecular weight is 851 g/mol. The number of hydrogen-bond acceptors (Lipinski definition) is 9. The van der Waals surface area contributed by atoms with Crippen molar-refractivity contribution in [3.05, 3.63) is 71.5 Å². The first-order valence-corrected chi connectivity index (χ1v) is 22.2. The number of aromatic hydroxyl groups is 1. The molecule has 0 radical (unpaired) electrons. The van der Waals surface area contributed by atoms with Crippen LogP contribution in [-0.4, -0.2) is 94.2 Å². The molecule has 334 valence electrons. The normalized spacial score (nSPS) is 17.3. The van der Waals surface area contributed by atoms with Crippen LogP contribution in [-0.2, 0) is 48.0 Å². The molecule has 13 nitrogen and oxygen atoms in total. The summed E-state index contributed by atoms with van der Waals surface area (Å²) in [6.45, 7) is 16.0. The Labute approximate surface area is 366 Å². The molecule has 6 rings (SSSR count). The number of rotatable bonds is 18. The number of fused-ring (bicyclic) bond motifs is 1. The molecule has 2 aromatic heterocycles. The number of hydrazine groups is 1. The van der Waals surface area contributed by atoms with Crippen molar-refractivity contribution in [1.82, 2.24) is 30.2 Å². The number of pyridine rings is 1. The minimum Gasteiger partial charge on any atom is -0.508 e. The lowest BCUT2D eigenvalue weighted by Crippen LogP contribution is -2.61. The predicted molar refractivity (Wildman–Crippen MR) is 241 cm³/mol. The van der Waals surface area contributed by atoms with E-state index in [0.717, 1.165) is 76.6 Å². The van der Waals surface area contributed by atoms with Crippen LogP contribution >= 0.6 is 0 Å². The highest BCUT2D eigenvalue weighted by Crippen LogP contribution is 2.42. The van der Waals surface area contributed by atoms with E-state index in [-0.39, 0.29) is 60.5 Å². The summed E-state index contributed by atoms with van der Waals surface area (Å²) in [5.41, 5.74) is 10.00. The van der Waals surface area contributed by atoms with E-state index in [0.29, 0.717) is 31.5 Å². The number of methoxy groups -OCH3 is 1. The number of nitrogens with zero attached hydrogens (tertiary/aromatic N) is 4. The molecule has 3 N–H and O–H groups in total. The van der Waals surface area contributed by atoms with Gasteiger partial charge in [-0.1, -0.05) is 46.2 Å². The zero-order chi connectivity index (χ0) is 44.9. The second kappa shape index (κ2) is 19.8. The first kappa shape index (κ1) is 46.2. The molecule has 4 aromatic rings. The molecule has 13 heteroatoms. The van der Waals surface area contributed by atoms with Crippen LogP contribution in [0.3, 0.4) is 0 Å². The van der Waals surface area contributed by atoms with Gasteiger partial charge in [-0.15, -0.1) is 0 Å². The lowest BCUT2D eigenvalue weighted by molar-refractivity contribution is -0.147. The monoisotopic (exact) mass is 850 g/mol. The van der Waals surface area contributed by atoms with Crippen LogP contribution in [0.25, 0.3) is 33.3 Å². The Morgan fingerprint density at radius 1 is 1.06 bits per heavy atom. The average Bonchev–Trinajstić information content (AvgIpc) is 3.52. The molecule has 1 saturated carbocycles. The number of carbonyl (C=O) groups excluding carboxylic acids is 4. The number of nitrogens with one attached hydrogen (secondary N) is 2. The Bertz CT molecular complexity index is 2250. The van der Waals surface area contributed by atoms with Crippen LogP contribution in [0, 0.1) is 17.3 Å². The standard InChI is InChI=1S/C49H66N6O7/c1-10-54-42-19-18-35(26-39(42)40(27-49(6,7)28-62-29-56)45(54)38-17-12-20-50-43(38)32(5)61-9)36-22-33(23-37(57)25-36)24-41(48(60)55-21-13-14-31(4)52-55)51-46(58)44(30(2)3)53(8)47(59)34-15-11-16-34/h12,17-20,22-23,25-26,29-32,34,41,44,52,57H,10-11,13-16,21,24,27-28H2,1-9H3,(H,51,58)/t31-,32+,41+,44+/m1/s1. The molecule has 2 aliphatic rings. The quantitative estimate of drug-likeness (QED) is 0.0871. The predicted octanol–water partition coefficient (Wildman–Crippen LogP) is 7.37. The Balaban J connectivity index is 1.42. The summed E-state index contributed by atoms with van der Waals surface area (Å²) in [6, 6.07) is 13.9. The van der Waals surface area contributed by atoms with Crippen molar-refractivity contribution in [2.24, 2.45) is 17.3 Å². The van der Waals surface area contributed by atoms with Gasteiger partial charge in [0.15, 0.2) is 0 Å². The maximum atomic E-state index is 14.4. The minimum atomic E-state index is -0.974. The topological polar surface area (TPSA) is 155 Å². The summed E-state index contributed by atoms with van der Waals surface area (Å²) in [6.07, 6.45) is 6.60. The van der Waals surface area contributed by atoms with Crippen LogP contribution < -0.4 is 10.7 Å². The summed E-state index contributed by atoms with van der Waals surface area (Å²) in [5, 5.41) is 17.0. The van der Waals surface area contributed by atoms with Crippen molar-refractivity contribution in [2.45, 2.75) is 124 Å². The summed E-state index contributed by atoms with van der Waals surface area (Å²) in [4.78, 5) is 59.6. The highest BCUT2D eigenvalue weighted by Gasteiger charge is 2.38. The van der Waals surface area contributed by atoms with Crippen molar-refractivity contribution in [1.29, 1.82) is 0 Å². The van der Waals surface area contributed by atoms with Gasteiger partial charge in [0.05, 0.1) is 24.1 Å². The third kappa shape index (κ3) is 10.2. The Kier molecular flexibility index (Phi) is 14.8. The minimum absolute atomic E-state index is 0.0264. The molecule has 2 fully saturated rings. The van der Waals surface area contributed by atoms with Gasteiger partial charge < -0.3 is 29.4 Å². The second-order valence-corrected chi connectivity index (χ2v) is 18.4. The van der Waals surface area contributed by atoms with Crippen molar-refractivity contribution in [3.8, 4) is 28.1 Å². The van der Waals surface area contributed by atoms with E-state index in [9.17, 15) is 24.3 Å². The number of aromatic nitrogens is 2. The number of phenolic OH excluding ortho intramolecular Hbond substituents is 1. The molecule has 1 saturated heterocycles. The lowest BCUT2D eigenvalue weighted by atomic mass is 9.83. The fraction of sp³-hybridized carbons (Fsp3) is 0.531. The largest absolute Gasteiger partial charge is 0.508 e. The third-order valence-electron chi connectivity index (χ3n) is 12.7. The van der Waals surface area contributed by atoms with Crippen molar-refractivity contribution in [3.63, 3.8) is 0 Å². The number of hydrogen-bond donors (Lipinski definition) is 3. The van der Waals surface area contributed by atoms with E-state index in [1.807, 2.05) is 45.9 Å². The molecule has 0 spiro atoms. The zero-order valence-electron chi connectivity index (χ0n) is 38.0. The van der Waals surface area contributed by atoms with Gasteiger partial charge in [-0.05, 0) is 117 Å². The van der Waals surface area contributed by atoms with E-state index in [4.69, 9.17) is 14.5 Å². The maximum Gasteiger partial charge on any atom is 0.293 e. The number of ether oxygens (including phenoxy) is 2. The van der Waals surface area contributed by atoms with Crippen LogP contribution in [0.4, 0.5) is 0 Å². The fourth-order valence-electron chi connectivity index (χ4n) is 9.23. The highest BCUT2D eigenvalue weighted by molar-refractivity contribution is 5.96. The van der Waals surface area contributed by atoms with Gasteiger partial charge in [-0.3, -0.25) is 29.2 Å². The first-order valence-electron chi connectivity index (χ1n) is 22.2. The van der Waals surface area contributed by atoms with Gasteiger partial charge in [-0.25, -0.2) is 5.43 Å². The lowest BCUT2D eigenvalue weighted by Gasteiger charge is -2.37. The first-order chi connectivity index (χ1) is 29.6. The van der Waals surface area contributed by atoms with Crippen LogP contribution in [0.1, 0.15) is 103 Å². The molecule has 1 aliphatic heterocycles. The summed E-state index contributed by atoms with van der Waals surface area (Å²) in [7, 11) is 3.36. The number of benzene rings is 2. The Hall–Kier alpha value is -5.27. The van der Waals surface area contributed by atoms with Crippen LogP contribution in [0.5, 0.6) is 5.75 Å². The number of carbonyl (C=O) groups is 4. The number of phenols is 1. The molecule has 0 unspecified atom stereocenters. The highest BCUT2D eigenvalue weighted by atomic mass is 16.5. The van der Waals surface area contributed by atoms with Crippen LogP contribution in [0.15, 0.2) is 54.7 Å². The molecule has 0 bridgehead atoms. The van der Waals surface area contributed by atoms with Crippen LogP contribution in [0.2, 0.25) is 0 Å². The van der Waals surface area contributed by atoms with Gasteiger partial charge in [0, 0.05) is 73.7 Å². The van der Waals surface area contributed by atoms with E-state index < -0.39 is 17.5 Å². The van der Waals surface area contributed by atoms with E-state index >= 15 is 0 Å². The molecule has 2 aromatic carbocycles. The Morgan fingerprint density at radius 2 is 1.82 bits per heavy atom. The van der Waals surface area contributed by atoms with Crippen molar-refractivity contribution >= 4 is 35.1 Å². The number of aryl methyl sites for hydroxylation is 1. The van der Waals surface area contributed by atoms with Crippen molar-refractivity contribution in [2.75, 3.05) is 27.3 Å². The van der Waals surface area contributed by atoms with E-state index in [2.05, 4.69) is 54.3 Å². The third-order valence-corrected chi connectivity index (χ3v) is 12.7. The zero-order valence-corrected chi connectivity index (χ0v) is 38.0. The number of amides is 3. The fourth-order valence-corrected chi connectivity index (χ4v) is 9.23. The molecule has 3 amide bonds. The molecule has 3 heterocycles. The molecule has 4 atom stereocenters. The SMILES string of the molecule is CCn1c(-c2cccnc2[C@H](C)OC)c(CC(C)(C)COC=O)c2cc(-c3cc(O)cc(C[C@H](NC(=O)[C@H](C(C)C)N(C)C(=O)C4CCC4)C(=O)N4CCC[C@@H](C)N4)c3)ccc21. The van der Waals surface area contributed by atoms with Gasteiger partial charge in [-0.2, -0.15) is 0 Å². The van der Waals surface area contributed by atoms with E-state index in [1.165, 1.54) is 0 Å². The summed E-state index contributed by atoms with van der Waals surface area (Å²) in [5.74, 6) is -0.941. The molecule has 62 heavy (non-hydrogen) atoms. The second-order valence-electron chi connectivity index (χ2n) is 18.4. The molecule has 1 aliphatic carbocycles. The summed E-state index contributed by atoms with van der Waals surface area (Å²) < 4.78 is 13.4. The van der Waals surface area contributed by atoms with Gasteiger partial charge in [0.2, 0.25) is 11.8 Å². The number of likely N-dealkylation sites (N-methyl/N-ethyl adjacent to an activating group) is 1. The van der Waals surface area contributed by atoms with E-state index in [1.54, 1.807) is 42.4 Å². The Morgan fingerprint density at radius 3 is 2.47 bits per heavy atom. The van der Waals surface area contributed by atoms with Crippen molar-refractivity contribution < 1.29 is 33.8 Å². The molecular formula is C49H66N6O7.